The molecule has 4 rings (SSSR count). The molecule has 2 amide bonds. The number of halogens is 2. The second-order valence-corrected chi connectivity index (χ2v) is 8.72. The first-order chi connectivity index (χ1) is 15.8. The Morgan fingerprint density at radius 2 is 1.76 bits per heavy atom. The molecule has 0 aliphatic carbocycles. The van der Waals surface area contributed by atoms with E-state index in [9.17, 15) is 9.59 Å². The maximum absolute atomic E-state index is 12.7. The van der Waals surface area contributed by atoms with Crippen molar-refractivity contribution in [1.82, 2.24) is 19.5 Å². The molecule has 0 aliphatic heterocycles. The Bertz CT molecular complexity index is 1360. The maximum atomic E-state index is 12.7. The van der Waals surface area contributed by atoms with Crippen LogP contribution in [0.3, 0.4) is 0 Å². The van der Waals surface area contributed by atoms with Crippen molar-refractivity contribution in [3.8, 4) is 0 Å². The monoisotopic (exact) mass is 483 g/mol. The van der Waals surface area contributed by atoms with Gasteiger partial charge in [-0.1, -0.05) is 41.4 Å². The fourth-order valence-electron chi connectivity index (χ4n) is 3.86. The number of amides is 2. The van der Waals surface area contributed by atoms with Crippen LogP contribution < -0.4 is 5.32 Å². The molecular formula is C24H23Cl2N5O2. The first-order valence-corrected chi connectivity index (χ1v) is 11.2. The summed E-state index contributed by atoms with van der Waals surface area (Å²) in [6, 6.07) is 12.8. The molecule has 0 unspecified atom stereocenters. The number of carbonyl (C=O) groups is 2. The highest BCUT2D eigenvalue weighted by atomic mass is 35.5. The molecule has 33 heavy (non-hydrogen) atoms. The van der Waals surface area contributed by atoms with E-state index < -0.39 is 0 Å². The molecule has 0 bridgehead atoms. The minimum absolute atomic E-state index is 0.111. The highest BCUT2D eigenvalue weighted by Gasteiger charge is 2.18. The van der Waals surface area contributed by atoms with Gasteiger partial charge >= 0.3 is 0 Å². The summed E-state index contributed by atoms with van der Waals surface area (Å²) in [6.45, 7) is 3.82. The third kappa shape index (κ3) is 4.65. The number of likely N-dealkylation sites (N-methyl/N-ethyl adjacent to an activating group) is 1. The van der Waals surface area contributed by atoms with Gasteiger partial charge in [0.2, 0.25) is 11.8 Å². The standard InChI is InChI=1S/C24H23Cl2N5O2/c1-14-16(15(2)31-24(27-14)17-7-4-5-10-20(17)29-31)11-12-22(33)30(3)13-21(32)28-23-18(25)8-6-9-19(23)26/h4-10H,11-13H2,1-3H3,(H,28,32). The highest BCUT2D eigenvalue weighted by molar-refractivity contribution is 6.39. The zero-order chi connectivity index (χ0) is 23.7. The molecule has 0 spiro atoms. The Morgan fingerprint density at radius 3 is 2.48 bits per heavy atom. The molecular weight excluding hydrogens is 461 g/mol. The van der Waals surface area contributed by atoms with Gasteiger partial charge in [0.15, 0.2) is 5.65 Å². The number of carbonyl (C=O) groups excluding carboxylic acids is 2. The van der Waals surface area contributed by atoms with Gasteiger partial charge in [-0.05, 0) is 50.1 Å². The molecule has 0 radical (unpaired) electrons. The molecule has 2 aromatic heterocycles. The van der Waals surface area contributed by atoms with E-state index in [4.69, 9.17) is 28.2 Å². The van der Waals surface area contributed by atoms with Gasteiger partial charge in [-0.2, -0.15) is 5.10 Å². The van der Waals surface area contributed by atoms with Crippen LogP contribution in [0.1, 0.15) is 23.4 Å². The molecule has 9 heteroatoms. The molecule has 7 nitrogen and oxygen atoms in total. The quantitative estimate of drug-likeness (QED) is 0.425. The number of nitrogens with one attached hydrogen (secondary N) is 1. The highest BCUT2D eigenvalue weighted by Crippen LogP contribution is 2.29. The number of aryl methyl sites for hydroxylation is 2. The summed E-state index contributed by atoms with van der Waals surface area (Å²) in [5.74, 6) is -0.528. The third-order valence-corrected chi connectivity index (χ3v) is 6.27. The van der Waals surface area contributed by atoms with E-state index in [2.05, 4.69) is 10.4 Å². The lowest BCUT2D eigenvalue weighted by Crippen LogP contribution is -2.35. The van der Waals surface area contributed by atoms with E-state index >= 15 is 0 Å². The van der Waals surface area contributed by atoms with Crippen LogP contribution in [0.4, 0.5) is 5.69 Å². The van der Waals surface area contributed by atoms with E-state index in [0.717, 1.165) is 33.5 Å². The minimum Gasteiger partial charge on any atom is -0.336 e. The molecule has 0 atom stereocenters. The molecule has 0 aliphatic rings. The zero-order valence-electron chi connectivity index (χ0n) is 18.5. The van der Waals surface area contributed by atoms with Gasteiger partial charge in [-0.3, -0.25) is 9.59 Å². The second-order valence-electron chi connectivity index (χ2n) is 7.91. The van der Waals surface area contributed by atoms with Crippen molar-refractivity contribution >= 4 is 57.3 Å². The molecule has 0 saturated carbocycles. The van der Waals surface area contributed by atoms with Crippen LogP contribution in [0.15, 0.2) is 42.5 Å². The van der Waals surface area contributed by atoms with Crippen molar-refractivity contribution in [2.24, 2.45) is 0 Å². The van der Waals surface area contributed by atoms with Crippen molar-refractivity contribution in [2.75, 3.05) is 18.9 Å². The van der Waals surface area contributed by atoms with Gasteiger partial charge in [0.1, 0.15) is 0 Å². The van der Waals surface area contributed by atoms with E-state index in [1.54, 1.807) is 25.2 Å². The summed E-state index contributed by atoms with van der Waals surface area (Å²) in [5, 5.41) is 9.00. The number of para-hydroxylation sites is 1. The smallest absolute Gasteiger partial charge is 0.244 e. The van der Waals surface area contributed by atoms with Gasteiger partial charge in [-0.15, -0.1) is 0 Å². The summed E-state index contributed by atoms with van der Waals surface area (Å²) < 4.78 is 1.84. The van der Waals surface area contributed by atoms with Crippen LogP contribution in [0.25, 0.3) is 16.6 Å². The topological polar surface area (TPSA) is 79.6 Å². The fraction of sp³-hybridized carbons (Fsp3) is 0.250. The van der Waals surface area contributed by atoms with Gasteiger partial charge < -0.3 is 10.2 Å². The average Bonchev–Trinajstić information content (AvgIpc) is 3.15. The molecule has 4 aromatic rings. The van der Waals surface area contributed by atoms with Crippen LogP contribution in [-0.4, -0.2) is 44.9 Å². The van der Waals surface area contributed by atoms with Crippen LogP contribution in [0, 0.1) is 13.8 Å². The predicted molar refractivity (Wildman–Crippen MR) is 131 cm³/mol. The Morgan fingerprint density at radius 1 is 1.06 bits per heavy atom. The normalized spacial score (nSPS) is 11.2. The van der Waals surface area contributed by atoms with Gasteiger partial charge in [0.25, 0.3) is 0 Å². The number of benzene rings is 2. The Hall–Kier alpha value is -3.16. The summed E-state index contributed by atoms with van der Waals surface area (Å²) in [7, 11) is 1.59. The van der Waals surface area contributed by atoms with Gasteiger partial charge in [0, 0.05) is 30.2 Å². The van der Waals surface area contributed by atoms with Gasteiger partial charge in [-0.25, -0.2) is 9.50 Å². The summed E-state index contributed by atoms with van der Waals surface area (Å²) in [6.07, 6.45) is 0.740. The number of aromatic nitrogens is 3. The summed E-state index contributed by atoms with van der Waals surface area (Å²) in [5.41, 5.74) is 4.82. The lowest BCUT2D eigenvalue weighted by molar-refractivity contribution is -0.133. The molecule has 0 fully saturated rings. The van der Waals surface area contributed by atoms with Crippen molar-refractivity contribution in [3.05, 3.63) is 69.5 Å². The van der Waals surface area contributed by atoms with E-state index in [0.29, 0.717) is 22.2 Å². The van der Waals surface area contributed by atoms with Crippen molar-refractivity contribution < 1.29 is 9.59 Å². The number of rotatable bonds is 6. The lowest BCUT2D eigenvalue weighted by Gasteiger charge is -2.18. The summed E-state index contributed by atoms with van der Waals surface area (Å²) in [4.78, 5) is 31.3. The lowest BCUT2D eigenvalue weighted by atomic mass is 10.1. The number of hydrogen-bond acceptors (Lipinski definition) is 4. The summed E-state index contributed by atoms with van der Waals surface area (Å²) >= 11 is 12.2. The van der Waals surface area contributed by atoms with Crippen LogP contribution in [0.2, 0.25) is 10.0 Å². The fourth-order valence-corrected chi connectivity index (χ4v) is 4.35. The van der Waals surface area contributed by atoms with Crippen molar-refractivity contribution in [2.45, 2.75) is 26.7 Å². The molecule has 170 valence electrons. The maximum Gasteiger partial charge on any atom is 0.244 e. The molecule has 0 saturated heterocycles. The largest absolute Gasteiger partial charge is 0.336 e. The van der Waals surface area contributed by atoms with Crippen molar-refractivity contribution in [3.63, 3.8) is 0 Å². The van der Waals surface area contributed by atoms with E-state index in [1.807, 2.05) is 42.6 Å². The average molecular weight is 484 g/mol. The van der Waals surface area contributed by atoms with Crippen LogP contribution >= 0.6 is 23.2 Å². The van der Waals surface area contributed by atoms with Crippen LogP contribution in [0.5, 0.6) is 0 Å². The first kappa shape index (κ1) is 23.0. The van der Waals surface area contributed by atoms with E-state index in [-0.39, 0.29) is 24.8 Å². The Kier molecular flexibility index (Phi) is 6.54. The molecule has 1 N–H and O–H groups in total. The third-order valence-electron chi connectivity index (χ3n) is 5.64. The number of fused-ring (bicyclic) bond motifs is 3. The Labute approximate surface area is 201 Å². The van der Waals surface area contributed by atoms with E-state index in [1.165, 1.54) is 4.90 Å². The molecule has 2 aromatic carbocycles. The SMILES string of the molecule is Cc1nc2c3ccccc3nn2c(C)c1CCC(=O)N(C)CC(=O)Nc1c(Cl)cccc1Cl. The zero-order valence-corrected chi connectivity index (χ0v) is 20.0. The predicted octanol–water partition coefficient (Wildman–Crippen LogP) is 4.84. The minimum atomic E-state index is -0.375. The van der Waals surface area contributed by atoms with Gasteiger partial charge in [0.05, 0.1) is 27.8 Å². The number of hydrogen-bond donors (Lipinski definition) is 1. The number of anilines is 1. The Balaban J connectivity index is 1.44. The second kappa shape index (κ2) is 9.37. The van der Waals surface area contributed by atoms with Crippen molar-refractivity contribution in [1.29, 1.82) is 0 Å². The number of nitrogens with zero attached hydrogens (tertiary/aromatic N) is 4. The molecule has 2 heterocycles. The van der Waals surface area contributed by atoms with Crippen LogP contribution in [-0.2, 0) is 16.0 Å². The first-order valence-electron chi connectivity index (χ1n) is 10.5.